The molecule has 5 heteroatoms. The number of amides is 2. The minimum absolute atomic E-state index is 0.131. The standard InChI is InChI=1S/C22H24ClFN2O/c1-2-3-7-12-25-22(27)26-15-17(19-14-18(23)10-11-20(19)24)13-21(26)16-8-5-4-6-9-16/h4-6,8-11,13-14,21H,2-3,7,12,15H2,1H3,(H,25,27). The molecule has 2 aromatic carbocycles. The molecular formula is C22H24ClFN2O. The lowest BCUT2D eigenvalue weighted by atomic mass is 10.0. The monoisotopic (exact) mass is 386 g/mol. The molecule has 0 aliphatic carbocycles. The van der Waals surface area contributed by atoms with Gasteiger partial charge in [0, 0.05) is 23.7 Å². The van der Waals surface area contributed by atoms with E-state index >= 15 is 0 Å². The topological polar surface area (TPSA) is 32.3 Å². The second kappa shape index (κ2) is 9.05. The Bertz CT molecular complexity index is 822. The highest BCUT2D eigenvalue weighted by molar-refractivity contribution is 6.30. The number of urea groups is 1. The SMILES string of the molecule is CCCCCNC(=O)N1CC(c2cc(Cl)ccc2F)=CC1c1ccccc1. The summed E-state index contributed by atoms with van der Waals surface area (Å²) in [4.78, 5) is 14.5. The van der Waals surface area contributed by atoms with Crippen LogP contribution >= 0.6 is 11.6 Å². The molecule has 1 N–H and O–H groups in total. The Morgan fingerprint density at radius 1 is 1.22 bits per heavy atom. The van der Waals surface area contributed by atoms with Crippen LogP contribution in [0.15, 0.2) is 54.6 Å². The molecule has 27 heavy (non-hydrogen) atoms. The summed E-state index contributed by atoms with van der Waals surface area (Å²) in [6.07, 6.45) is 5.09. The third-order valence-corrected chi connectivity index (χ3v) is 5.00. The molecule has 2 amide bonds. The Morgan fingerprint density at radius 3 is 2.74 bits per heavy atom. The molecule has 1 heterocycles. The molecule has 1 unspecified atom stereocenters. The van der Waals surface area contributed by atoms with E-state index < -0.39 is 0 Å². The fourth-order valence-corrected chi connectivity index (χ4v) is 3.50. The van der Waals surface area contributed by atoms with E-state index in [1.165, 1.54) is 12.1 Å². The molecular weight excluding hydrogens is 363 g/mol. The second-order valence-electron chi connectivity index (χ2n) is 6.74. The first-order chi connectivity index (χ1) is 13.1. The Labute approximate surface area is 164 Å². The molecule has 0 aromatic heterocycles. The predicted octanol–water partition coefficient (Wildman–Crippen LogP) is 5.82. The fourth-order valence-electron chi connectivity index (χ4n) is 3.33. The molecule has 0 radical (unpaired) electrons. The quantitative estimate of drug-likeness (QED) is 0.623. The van der Waals surface area contributed by atoms with Crippen LogP contribution in [0.5, 0.6) is 0 Å². The highest BCUT2D eigenvalue weighted by Crippen LogP contribution is 2.36. The largest absolute Gasteiger partial charge is 0.338 e. The van der Waals surface area contributed by atoms with E-state index in [4.69, 9.17) is 11.6 Å². The third-order valence-electron chi connectivity index (χ3n) is 4.77. The van der Waals surface area contributed by atoms with Gasteiger partial charge in [0.1, 0.15) is 5.82 Å². The van der Waals surface area contributed by atoms with E-state index in [2.05, 4.69) is 12.2 Å². The molecule has 3 rings (SSSR count). The summed E-state index contributed by atoms with van der Waals surface area (Å²) in [6, 6.07) is 13.9. The lowest BCUT2D eigenvalue weighted by Gasteiger charge is -2.25. The maximum atomic E-state index is 14.3. The Balaban J connectivity index is 1.85. The number of halogens is 2. The maximum Gasteiger partial charge on any atom is 0.318 e. The molecule has 1 aliphatic heterocycles. The van der Waals surface area contributed by atoms with Gasteiger partial charge < -0.3 is 10.2 Å². The van der Waals surface area contributed by atoms with Crippen molar-refractivity contribution in [1.29, 1.82) is 0 Å². The van der Waals surface area contributed by atoms with Gasteiger partial charge in [0.25, 0.3) is 0 Å². The van der Waals surface area contributed by atoms with Crippen LogP contribution in [0.3, 0.4) is 0 Å². The number of hydrogen-bond donors (Lipinski definition) is 1. The van der Waals surface area contributed by atoms with Crippen LogP contribution in [0.1, 0.15) is 43.4 Å². The third kappa shape index (κ3) is 4.69. The summed E-state index contributed by atoms with van der Waals surface area (Å²) >= 11 is 6.06. The van der Waals surface area contributed by atoms with Gasteiger partial charge in [0.05, 0.1) is 6.04 Å². The lowest BCUT2D eigenvalue weighted by molar-refractivity contribution is 0.197. The Hall–Kier alpha value is -2.33. The Kier molecular flexibility index (Phi) is 6.51. The van der Waals surface area contributed by atoms with Crippen molar-refractivity contribution in [2.24, 2.45) is 0 Å². The van der Waals surface area contributed by atoms with Crippen molar-refractivity contribution in [2.75, 3.05) is 13.1 Å². The van der Waals surface area contributed by atoms with Crippen LogP contribution < -0.4 is 5.32 Å². The van der Waals surface area contributed by atoms with Crippen LogP contribution in [0.4, 0.5) is 9.18 Å². The smallest absolute Gasteiger partial charge is 0.318 e. The van der Waals surface area contributed by atoms with Crippen molar-refractivity contribution in [2.45, 2.75) is 32.2 Å². The van der Waals surface area contributed by atoms with E-state index in [1.54, 1.807) is 11.0 Å². The van der Waals surface area contributed by atoms with Crippen molar-refractivity contribution in [3.05, 3.63) is 76.6 Å². The number of unbranched alkanes of at least 4 members (excludes halogenated alkanes) is 2. The molecule has 0 spiro atoms. The van der Waals surface area contributed by atoms with Gasteiger partial charge >= 0.3 is 6.03 Å². The van der Waals surface area contributed by atoms with Gasteiger partial charge in [-0.2, -0.15) is 0 Å². The van der Waals surface area contributed by atoms with Crippen molar-refractivity contribution in [3.63, 3.8) is 0 Å². The average Bonchev–Trinajstić information content (AvgIpc) is 3.13. The van der Waals surface area contributed by atoms with E-state index in [9.17, 15) is 9.18 Å². The number of carbonyl (C=O) groups is 1. The number of nitrogens with one attached hydrogen (secondary N) is 1. The highest BCUT2D eigenvalue weighted by atomic mass is 35.5. The van der Waals surface area contributed by atoms with E-state index in [-0.39, 0.29) is 17.9 Å². The minimum atomic E-state index is -0.331. The van der Waals surface area contributed by atoms with Crippen LogP contribution in [0, 0.1) is 5.82 Å². The Morgan fingerprint density at radius 2 is 2.00 bits per heavy atom. The molecule has 0 fully saturated rings. The molecule has 0 saturated heterocycles. The zero-order valence-corrected chi connectivity index (χ0v) is 16.2. The summed E-state index contributed by atoms with van der Waals surface area (Å²) in [7, 11) is 0. The number of carbonyl (C=O) groups excluding carboxylic acids is 1. The van der Waals surface area contributed by atoms with Crippen LogP contribution in [0.2, 0.25) is 5.02 Å². The van der Waals surface area contributed by atoms with Gasteiger partial charge in [-0.3, -0.25) is 0 Å². The fraction of sp³-hybridized carbons (Fsp3) is 0.318. The molecule has 0 saturated carbocycles. The minimum Gasteiger partial charge on any atom is -0.338 e. The van der Waals surface area contributed by atoms with Gasteiger partial charge in [-0.1, -0.05) is 67.8 Å². The first-order valence-electron chi connectivity index (χ1n) is 9.35. The normalized spacial score (nSPS) is 16.3. The van der Waals surface area contributed by atoms with E-state index in [1.807, 2.05) is 36.4 Å². The van der Waals surface area contributed by atoms with Crippen LogP contribution in [-0.2, 0) is 0 Å². The van der Waals surface area contributed by atoms with Crippen LogP contribution in [0.25, 0.3) is 5.57 Å². The first kappa shape index (κ1) is 19.4. The number of hydrogen-bond acceptors (Lipinski definition) is 1. The van der Waals surface area contributed by atoms with Crippen molar-refractivity contribution in [1.82, 2.24) is 10.2 Å². The zero-order chi connectivity index (χ0) is 19.2. The van der Waals surface area contributed by atoms with Gasteiger partial charge in [0.2, 0.25) is 0 Å². The summed E-state index contributed by atoms with van der Waals surface area (Å²) < 4.78 is 14.3. The number of benzene rings is 2. The molecule has 0 bridgehead atoms. The molecule has 2 aromatic rings. The summed E-state index contributed by atoms with van der Waals surface area (Å²) in [6.45, 7) is 3.12. The van der Waals surface area contributed by atoms with Crippen molar-refractivity contribution in [3.8, 4) is 0 Å². The van der Waals surface area contributed by atoms with Gasteiger partial charge in [-0.05, 0) is 35.8 Å². The van der Waals surface area contributed by atoms with E-state index in [0.717, 1.165) is 30.4 Å². The summed E-state index contributed by atoms with van der Waals surface area (Å²) in [5.41, 5.74) is 2.22. The van der Waals surface area contributed by atoms with E-state index in [0.29, 0.717) is 23.7 Å². The molecule has 142 valence electrons. The summed E-state index contributed by atoms with van der Waals surface area (Å²) in [5.74, 6) is -0.331. The number of nitrogens with zero attached hydrogens (tertiary/aromatic N) is 1. The van der Waals surface area contributed by atoms with Gasteiger partial charge in [0.15, 0.2) is 0 Å². The van der Waals surface area contributed by atoms with Crippen molar-refractivity contribution >= 4 is 23.2 Å². The van der Waals surface area contributed by atoms with Gasteiger partial charge in [-0.25, -0.2) is 9.18 Å². The zero-order valence-electron chi connectivity index (χ0n) is 15.4. The molecule has 1 atom stereocenters. The highest BCUT2D eigenvalue weighted by Gasteiger charge is 2.31. The molecule has 3 nitrogen and oxygen atoms in total. The lowest BCUT2D eigenvalue weighted by Crippen LogP contribution is -2.40. The van der Waals surface area contributed by atoms with Crippen molar-refractivity contribution < 1.29 is 9.18 Å². The maximum absolute atomic E-state index is 14.3. The first-order valence-corrected chi connectivity index (χ1v) is 9.73. The average molecular weight is 387 g/mol. The number of rotatable bonds is 6. The second-order valence-corrected chi connectivity index (χ2v) is 7.17. The predicted molar refractivity (Wildman–Crippen MR) is 108 cm³/mol. The van der Waals surface area contributed by atoms with Crippen LogP contribution in [-0.4, -0.2) is 24.0 Å². The van der Waals surface area contributed by atoms with Gasteiger partial charge in [-0.15, -0.1) is 0 Å². The summed E-state index contributed by atoms with van der Waals surface area (Å²) in [5, 5.41) is 3.47. The molecule has 1 aliphatic rings.